The van der Waals surface area contributed by atoms with E-state index in [2.05, 4.69) is 15.4 Å². The van der Waals surface area contributed by atoms with Crippen molar-refractivity contribution in [2.24, 2.45) is 0 Å². The van der Waals surface area contributed by atoms with Crippen LogP contribution in [0, 0.1) is 0 Å². The summed E-state index contributed by atoms with van der Waals surface area (Å²) in [4.78, 5) is 22.5. The number of carbonyl (C=O) groups is 2. The van der Waals surface area contributed by atoms with E-state index in [4.69, 9.17) is 11.6 Å². The van der Waals surface area contributed by atoms with Crippen molar-refractivity contribution >= 4 is 35.3 Å². The van der Waals surface area contributed by atoms with Crippen LogP contribution >= 0.6 is 11.6 Å². The first-order valence-corrected chi connectivity index (χ1v) is 6.73. The normalized spacial score (nSPS) is 10.3. The van der Waals surface area contributed by atoms with Gasteiger partial charge in [0.05, 0.1) is 5.02 Å². The molecule has 0 atom stereocenters. The molecule has 2 rings (SSSR count). The number of amides is 2. The van der Waals surface area contributed by atoms with Crippen LogP contribution in [0.15, 0.2) is 42.5 Å². The van der Waals surface area contributed by atoms with Gasteiger partial charge in [-0.25, -0.2) is 4.79 Å². The Labute approximate surface area is 135 Å². The van der Waals surface area contributed by atoms with Crippen molar-refractivity contribution < 1.29 is 23.1 Å². The van der Waals surface area contributed by atoms with Gasteiger partial charge in [0.2, 0.25) is 0 Å². The van der Waals surface area contributed by atoms with Crippen LogP contribution in [0.4, 0.5) is 25.0 Å². The Morgan fingerprint density at radius 1 is 1.13 bits per heavy atom. The maximum Gasteiger partial charge on any atom is 0.387 e. The van der Waals surface area contributed by atoms with Crippen LogP contribution in [0.2, 0.25) is 5.02 Å². The molecule has 0 bridgehead atoms. The lowest BCUT2D eigenvalue weighted by molar-refractivity contribution is -0.0497. The van der Waals surface area contributed by atoms with E-state index < -0.39 is 12.6 Å². The van der Waals surface area contributed by atoms with Gasteiger partial charge in [-0.15, -0.1) is 0 Å². The lowest BCUT2D eigenvalue weighted by Gasteiger charge is -2.10. The predicted molar refractivity (Wildman–Crippen MR) is 82.6 cm³/mol. The van der Waals surface area contributed by atoms with Crippen molar-refractivity contribution in [2.45, 2.75) is 6.61 Å². The lowest BCUT2D eigenvalue weighted by atomic mass is 10.2. The van der Waals surface area contributed by atoms with E-state index in [9.17, 15) is 18.4 Å². The highest BCUT2D eigenvalue weighted by molar-refractivity contribution is 6.32. The van der Waals surface area contributed by atoms with Gasteiger partial charge in [0.1, 0.15) is 12.0 Å². The summed E-state index contributed by atoms with van der Waals surface area (Å²) in [5.41, 5.74) is 1.14. The number of carbonyl (C=O) groups excluding carboxylic acids is 2. The number of hydrogen-bond donors (Lipinski definition) is 2. The predicted octanol–water partition coefficient (Wildman–Crippen LogP) is 4.40. The average Bonchev–Trinajstić information content (AvgIpc) is 2.49. The van der Waals surface area contributed by atoms with Crippen LogP contribution in [-0.2, 0) is 0 Å². The van der Waals surface area contributed by atoms with Crippen molar-refractivity contribution in [2.75, 3.05) is 10.6 Å². The van der Waals surface area contributed by atoms with Crippen molar-refractivity contribution in [3.8, 4) is 5.75 Å². The molecule has 0 unspecified atom stereocenters. The van der Waals surface area contributed by atoms with Gasteiger partial charge in [-0.2, -0.15) is 8.78 Å². The fourth-order valence-electron chi connectivity index (χ4n) is 1.75. The lowest BCUT2D eigenvalue weighted by Crippen LogP contribution is -2.19. The molecule has 0 aliphatic carbocycles. The topological polar surface area (TPSA) is 67.4 Å². The van der Waals surface area contributed by atoms with Gasteiger partial charge < -0.3 is 15.4 Å². The number of anilines is 2. The maximum absolute atomic E-state index is 12.1. The van der Waals surface area contributed by atoms with E-state index in [1.54, 1.807) is 18.2 Å². The minimum absolute atomic E-state index is 0.0638. The molecule has 0 aliphatic heterocycles. The molecule has 8 heteroatoms. The molecule has 0 spiro atoms. The number of ether oxygens (including phenoxy) is 1. The second-order valence-electron chi connectivity index (χ2n) is 4.35. The summed E-state index contributed by atoms with van der Waals surface area (Å²) < 4.78 is 28.5. The molecule has 2 amide bonds. The number of nitrogens with one attached hydrogen (secondary N) is 2. The fourth-order valence-corrected chi connectivity index (χ4v) is 1.98. The van der Waals surface area contributed by atoms with Crippen molar-refractivity contribution in [1.82, 2.24) is 0 Å². The first-order chi connectivity index (χ1) is 11.0. The van der Waals surface area contributed by atoms with Gasteiger partial charge in [-0.05, 0) is 30.3 Å². The molecule has 0 saturated heterocycles. The molecule has 5 nitrogen and oxygen atoms in total. The Morgan fingerprint density at radius 2 is 1.83 bits per heavy atom. The smallest absolute Gasteiger partial charge is 0.387 e. The van der Waals surface area contributed by atoms with E-state index in [0.717, 1.165) is 0 Å². The summed E-state index contributed by atoms with van der Waals surface area (Å²) >= 11 is 5.79. The van der Waals surface area contributed by atoms with E-state index >= 15 is 0 Å². The molecule has 120 valence electrons. The number of aldehydes is 1. The molecule has 0 fully saturated rings. The van der Waals surface area contributed by atoms with E-state index in [-0.39, 0.29) is 10.8 Å². The quantitative estimate of drug-likeness (QED) is 0.793. The Kier molecular flexibility index (Phi) is 5.48. The summed E-state index contributed by atoms with van der Waals surface area (Å²) in [6.45, 7) is -2.99. The standard InChI is InChI=1S/C15H11ClF2N2O3/c16-12-7-11(4-5-13(12)23-14(17)18)20-15(22)19-10-3-1-2-9(6-10)8-21/h1-8,14H,(H2,19,20,22). The van der Waals surface area contributed by atoms with Crippen molar-refractivity contribution in [1.29, 1.82) is 0 Å². The first kappa shape index (κ1) is 16.7. The monoisotopic (exact) mass is 340 g/mol. The van der Waals surface area contributed by atoms with Gasteiger partial charge in [0.15, 0.2) is 0 Å². The van der Waals surface area contributed by atoms with Gasteiger partial charge in [-0.1, -0.05) is 23.7 Å². The van der Waals surface area contributed by atoms with E-state index in [1.165, 1.54) is 24.3 Å². The van der Waals surface area contributed by atoms with Crippen LogP contribution in [0.5, 0.6) is 5.75 Å². The Bertz CT molecular complexity index is 726. The maximum atomic E-state index is 12.1. The minimum Gasteiger partial charge on any atom is -0.433 e. The van der Waals surface area contributed by atoms with E-state index in [1.807, 2.05) is 0 Å². The molecule has 0 heterocycles. The van der Waals surface area contributed by atoms with Crippen LogP contribution in [0.3, 0.4) is 0 Å². The number of alkyl halides is 2. The molecule has 2 N–H and O–H groups in total. The van der Waals surface area contributed by atoms with Gasteiger partial charge in [0, 0.05) is 16.9 Å². The number of hydrogen-bond acceptors (Lipinski definition) is 3. The second kappa shape index (κ2) is 7.55. The third-order valence-corrected chi connectivity index (χ3v) is 2.98. The molecule has 0 saturated carbocycles. The highest BCUT2D eigenvalue weighted by Crippen LogP contribution is 2.29. The Hall–Kier alpha value is -2.67. The molecule has 0 radical (unpaired) electrons. The summed E-state index contributed by atoms with van der Waals surface area (Å²) in [7, 11) is 0. The Balaban J connectivity index is 2.02. The van der Waals surface area contributed by atoms with Crippen LogP contribution < -0.4 is 15.4 Å². The third kappa shape index (κ3) is 4.93. The fraction of sp³-hybridized carbons (Fsp3) is 0.0667. The molecule has 0 aromatic heterocycles. The summed E-state index contributed by atoms with van der Waals surface area (Å²) in [6.07, 6.45) is 0.657. The molecular formula is C15H11ClF2N2O3. The average molecular weight is 341 g/mol. The number of rotatable bonds is 5. The van der Waals surface area contributed by atoms with Gasteiger partial charge in [0.25, 0.3) is 0 Å². The minimum atomic E-state index is -2.99. The molecule has 0 aliphatic rings. The third-order valence-electron chi connectivity index (χ3n) is 2.69. The Morgan fingerprint density at radius 3 is 2.43 bits per heavy atom. The summed E-state index contributed by atoms with van der Waals surface area (Å²) in [5.74, 6) is -0.189. The number of halogens is 3. The highest BCUT2D eigenvalue weighted by atomic mass is 35.5. The van der Waals surface area contributed by atoms with E-state index in [0.29, 0.717) is 23.2 Å². The van der Waals surface area contributed by atoms with Gasteiger partial charge >= 0.3 is 12.6 Å². The van der Waals surface area contributed by atoms with Crippen LogP contribution in [0.1, 0.15) is 10.4 Å². The van der Waals surface area contributed by atoms with Crippen LogP contribution in [-0.4, -0.2) is 18.9 Å². The van der Waals surface area contributed by atoms with Crippen LogP contribution in [0.25, 0.3) is 0 Å². The highest BCUT2D eigenvalue weighted by Gasteiger charge is 2.10. The zero-order valence-electron chi connectivity index (χ0n) is 11.6. The zero-order valence-corrected chi connectivity index (χ0v) is 12.3. The van der Waals surface area contributed by atoms with Crippen molar-refractivity contribution in [3.05, 3.63) is 53.1 Å². The molecule has 23 heavy (non-hydrogen) atoms. The summed E-state index contributed by atoms with van der Waals surface area (Å²) in [5, 5.41) is 4.95. The van der Waals surface area contributed by atoms with Gasteiger partial charge in [-0.3, -0.25) is 4.79 Å². The largest absolute Gasteiger partial charge is 0.433 e. The SMILES string of the molecule is O=Cc1cccc(NC(=O)Nc2ccc(OC(F)F)c(Cl)c2)c1. The number of benzene rings is 2. The zero-order chi connectivity index (χ0) is 16.8. The molecule has 2 aromatic rings. The summed E-state index contributed by atoms with van der Waals surface area (Å²) in [6, 6.07) is 9.61. The molecule has 2 aromatic carbocycles. The first-order valence-electron chi connectivity index (χ1n) is 6.35. The second-order valence-corrected chi connectivity index (χ2v) is 4.75. The molecular weight excluding hydrogens is 330 g/mol. The number of urea groups is 1. The van der Waals surface area contributed by atoms with Crippen molar-refractivity contribution in [3.63, 3.8) is 0 Å².